The summed E-state index contributed by atoms with van der Waals surface area (Å²) in [5.41, 5.74) is 0. The van der Waals surface area contributed by atoms with Gasteiger partial charge in [0.15, 0.2) is 0 Å². The minimum absolute atomic E-state index is 0.383. The number of piperazine rings is 1. The predicted molar refractivity (Wildman–Crippen MR) is 82.4 cm³/mol. The fourth-order valence-electron chi connectivity index (χ4n) is 3.47. The summed E-state index contributed by atoms with van der Waals surface area (Å²) >= 11 is 2.00. The number of hydrogen-bond donors (Lipinski definition) is 0. The fourth-order valence-corrected chi connectivity index (χ4v) is 3.77. The molecule has 2 nitrogen and oxygen atoms in total. The topological polar surface area (TPSA) is 6.48 Å². The Hall–Kier alpha value is 0.270. The Labute approximate surface area is 117 Å². The Kier molecular flexibility index (Phi) is 4.66. The number of fused-ring (bicyclic) bond motifs is 1. The third-order valence-electron chi connectivity index (χ3n) is 4.74. The minimum atomic E-state index is 0.383. The summed E-state index contributed by atoms with van der Waals surface area (Å²) in [5.74, 6) is 0.768. The molecule has 0 N–H and O–H groups in total. The number of rotatable bonds is 4. The zero-order chi connectivity index (χ0) is 13.3. The Bertz CT molecular complexity index is 278. The summed E-state index contributed by atoms with van der Waals surface area (Å²) < 4.78 is 0.383. The Morgan fingerprint density at radius 3 is 2.61 bits per heavy atom. The van der Waals surface area contributed by atoms with Gasteiger partial charge in [-0.25, -0.2) is 0 Å². The van der Waals surface area contributed by atoms with Crippen LogP contribution in [0.15, 0.2) is 0 Å². The molecule has 2 fully saturated rings. The van der Waals surface area contributed by atoms with Crippen LogP contribution >= 0.6 is 11.8 Å². The molecule has 0 radical (unpaired) electrons. The molecule has 2 saturated heterocycles. The third-order valence-corrected chi connectivity index (χ3v) is 5.98. The van der Waals surface area contributed by atoms with E-state index in [9.17, 15) is 0 Å². The van der Waals surface area contributed by atoms with Gasteiger partial charge in [-0.1, -0.05) is 13.8 Å². The molecule has 2 unspecified atom stereocenters. The van der Waals surface area contributed by atoms with E-state index in [4.69, 9.17) is 0 Å². The summed E-state index contributed by atoms with van der Waals surface area (Å²) in [4.78, 5) is 5.53. The van der Waals surface area contributed by atoms with Crippen LogP contribution in [0.3, 0.4) is 0 Å². The van der Waals surface area contributed by atoms with E-state index >= 15 is 0 Å². The van der Waals surface area contributed by atoms with Gasteiger partial charge in [-0.3, -0.25) is 9.80 Å². The van der Waals surface area contributed by atoms with Gasteiger partial charge >= 0.3 is 0 Å². The zero-order valence-electron chi connectivity index (χ0n) is 12.8. The highest BCUT2D eigenvalue weighted by Gasteiger charge is 2.38. The van der Waals surface area contributed by atoms with E-state index < -0.39 is 0 Å². The largest absolute Gasteiger partial charge is 0.298 e. The lowest BCUT2D eigenvalue weighted by atomic mass is 9.96. The van der Waals surface area contributed by atoms with E-state index in [1.807, 2.05) is 11.8 Å². The second-order valence-corrected chi connectivity index (χ2v) is 8.51. The van der Waals surface area contributed by atoms with E-state index in [0.717, 1.165) is 18.0 Å². The lowest BCUT2D eigenvalue weighted by Crippen LogP contribution is -2.59. The Morgan fingerprint density at radius 2 is 2.00 bits per heavy atom. The average molecular weight is 270 g/mol. The molecule has 2 rings (SSSR count). The molecule has 3 heteroatoms. The van der Waals surface area contributed by atoms with Crippen LogP contribution in [-0.4, -0.2) is 59.1 Å². The summed E-state index contributed by atoms with van der Waals surface area (Å²) in [7, 11) is 0. The highest BCUT2D eigenvalue weighted by Crippen LogP contribution is 2.31. The molecule has 0 aromatic heterocycles. The SMILES string of the molecule is CSC(C)(C)CN1CC2CCCN2CC1C(C)C. The van der Waals surface area contributed by atoms with Crippen molar-refractivity contribution in [1.82, 2.24) is 9.80 Å². The Balaban J connectivity index is 2.05. The van der Waals surface area contributed by atoms with Crippen molar-refractivity contribution >= 4 is 11.8 Å². The van der Waals surface area contributed by atoms with E-state index in [0.29, 0.717) is 4.75 Å². The smallest absolute Gasteiger partial charge is 0.0247 e. The normalized spacial score (nSPS) is 31.0. The second-order valence-electron chi connectivity index (χ2n) is 7.00. The lowest BCUT2D eigenvalue weighted by Gasteiger charge is -2.47. The van der Waals surface area contributed by atoms with Crippen molar-refractivity contribution in [2.24, 2.45) is 5.92 Å². The first kappa shape index (κ1) is 14.7. The van der Waals surface area contributed by atoms with Crippen molar-refractivity contribution in [3.8, 4) is 0 Å². The maximum absolute atomic E-state index is 2.79. The van der Waals surface area contributed by atoms with Gasteiger partial charge in [-0.05, 0) is 45.4 Å². The average Bonchev–Trinajstić information content (AvgIpc) is 2.74. The van der Waals surface area contributed by atoms with Gasteiger partial charge in [0, 0.05) is 36.5 Å². The molecule has 0 amide bonds. The monoisotopic (exact) mass is 270 g/mol. The van der Waals surface area contributed by atoms with Gasteiger partial charge < -0.3 is 0 Å². The highest BCUT2D eigenvalue weighted by molar-refractivity contribution is 7.99. The van der Waals surface area contributed by atoms with Crippen molar-refractivity contribution in [3.63, 3.8) is 0 Å². The van der Waals surface area contributed by atoms with Crippen LogP contribution in [0.4, 0.5) is 0 Å². The van der Waals surface area contributed by atoms with Gasteiger partial charge in [-0.15, -0.1) is 0 Å². The standard InChI is InChI=1S/C15H30N2S/c1-12(2)14-10-16-8-6-7-13(16)9-17(14)11-15(3,4)18-5/h12-14H,6-11H2,1-5H3. The van der Waals surface area contributed by atoms with E-state index in [1.165, 1.54) is 39.0 Å². The summed E-state index contributed by atoms with van der Waals surface area (Å²) in [5, 5.41) is 0. The maximum Gasteiger partial charge on any atom is 0.0247 e. The first-order valence-corrected chi connectivity index (χ1v) is 8.68. The zero-order valence-corrected chi connectivity index (χ0v) is 13.6. The van der Waals surface area contributed by atoms with Crippen molar-refractivity contribution in [2.75, 3.05) is 32.4 Å². The highest BCUT2D eigenvalue weighted by atomic mass is 32.2. The quantitative estimate of drug-likeness (QED) is 0.775. The van der Waals surface area contributed by atoms with Gasteiger partial charge in [0.25, 0.3) is 0 Å². The third kappa shape index (κ3) is 3.23. The molecular weight excluding hydrogens is 240 g/mol. The molecule has 0 aliphatic carbocycles. The van der Waals surface area contributed by atoms with E-state index in [-0.39, 0.29) is 0 Å². The molecule has 2 atom stereocenters. The van der Waals surface area contributed by atoms with Crippen LogP contribution in [0.25, 0.3) is 0 Å². The molecule has 0 saturated carbocycles. The molecule has 106 valence electrons. The van der Waals surface area contributed by atoms with Crippen LogP contribution in [0, 0.1) is 5.92 Å². The van der Waals surface area contributed by atoms with E-state index in [1.54, 1.807) is 0 Å². The van der Waals surface area contributed by atoms with E-state index in [2.05, 4.69) is 43.8 Å². The lowest BCUT2D eigenvalue weighted by molar-refractivity contribution is 0.0253. The summed E-state index contributed by atoms with van der Waals surface area (Å²) in [6.07, 6.45) is 5.08. The molecule has 2 aliphatic heterocycles. The number of nitrogens with zero attached hydrogens (tertiary/aromatic N) is 2. The van der Waals surface area contributed by atoms with Crippen molar-refractivity contribution in [3.05, 3.63) is 0 Å². The molecule has 0 spiro atoms. The number of thioether (sulfide) groups is 1. The van der Waals surface area contributed by atoms with Crippen molar-refractivity contribution < 1.29 is 0 Å². The second kappa shape index (κ2) is 5.72. The number of hydrogen-bond acceptors (Lipinski definition) is 3. The van der Waals surface area contributed by atoms with Crippen LogP contribution < -0.4 is 0 Å². The minimum Gasteiger partial charge on any atom is -0.298 e. The molecule has 2 aliphatic rings. The molecule has 0 aromatic carbocycles. The Morgan fingerprint density at radius 1 is 1.28 bits per heavy atom. The summed E-state index contributed by atoms with van der Waals surface area (Å²) in [6.45, 7) is 14.7. The first-order valence-electron chi connectivity index (χ1n) is 7.46. The fraction of sp³-hybridized carbons (Fsp3) is 1.00. The molecular formula is C15H30N2S. The van der Waals surface area contributed by atoms with Gasteiger partial charge in [-0.2, -0.15) is 11.8 Å². The molecule has 18 heavy (non-hydrogen) atoms. The van der Waals surface area contributed by atoms with Gasteiger partial charge in [0.1, 0.15) is 0 Å². The van der Waals surface area contributed by atoms with Crippen LogP contribution in [0.5, 0.6) is 0 Å². The van der Waals surface area contributed by atoms with Crippen LogP contribution in [0.2, 0.25) is 0 Å². The predicted octanol–water partition coefficient (Wildman–Crippen LogP) is 2.93. The molecule has 0 aromatic rings. The summed E-state index contributed by atoms with van der Waals surface area (Å²) in [6, 6.07) is 1.60. The maximum atomic E-state index is 2.79. The molecule has 2 heterocycles. The molecule has 0 bridgehead atoms. The first-order chi connectivity index (χ1) is 8.43. The van der Waals surface area contributed by atoms with Crippen molar-refractivity contribution in [2.45, 2.75) is 57.4 Å². The van der Waals surface area contributed by atoms with Gasteiger partial charge in [0.05, 0.1) is 0 Å². The van der Waals surface area contributed by atoms with Crippen LogP contribution in [0.1, 0.15) is 40.5 Å². The van der Waals surface area contributed by atoms with Crippen molar-refractivity contribution in [1.29, 1.82) is 0 Å². The van der Waals surface area contributed by atoms with Crippen LogP contribution in [-0.2, 0) is 0 Å². The van der Waals surface area contributed by atoms with Gasteiger partial charge in [0.2, 0.25) is 0 Å².